The third-order valence-corrected chi connectivity index (χ3v) is 6.00. The van der Waals surface area contributed by atoms with Crippen molar-refractivity contribution >= 4 is 42.8 Å². The van der Waals surface area contributed by atoms with E-state index in [1.165, 1.54) is 30.6 Å². The van der Waals surface area contributed by atoms with Crippen molar-refractivity contribution in [3.8, 4) is 0 Å². The fourth-order valence-corrected chi connectivity index (χ4v) is 5.00. The predicted octanol–water partition coefficient (Wildman–Crippen LogP) is 5.42. The van der Waals surface area contributed by atoms with Crippen molar-refractivity contribution in [1.82, 2.24) is 5.32 Å². The van der Waals surface area contributed by atoms with Crippen LogP contribution in [-0.2, 0) is 0 Å². The molecular weight excluding hydrogens is 294 g/mol. The second kappa shape index (κ2) is 5.26. The fourth-order valence-electron chi connectivity index (χ4n) is 2.82. The molecule has 104 valence electrons. The SMILES string of the molecule is CNC(c1cc2ccccc2s1)c1csc2ccccc12. The van der Waals surface area contributed by atoms with E-state index in [0.29, 0.717) is 0 Å². The van der Waals surface area contributed by atoms with E-state index in [9.17, 15) is 0 Å². The van der Waals surface area contributed by atoms with Crippen LogP contribution in [0.15, 0.2) is 60.0 Å². The molecular formula is C18H15NS2. The Morgan fingerprint density at radius 2 is 1.71 bits per heavy atom. The second-order valence-electron chi connectivity index (χ2n) is 5.10. The number of fused-ring (bicyclic) bond motifs is 2. The van der Waals surface area contributed by atoms with Crippen LogP contribution in [-0.4, -0.2) is 7.05 Å². The Labute approximate surface area is 131 Å². The maximum atomic E-state index is 3.49. The van der Waals surface area contributed by atoms with E-state index in [4.69, 9.17) is 0 Å². The van der Waals surface area contributed by atoms with E-state index in [-0.39, 0.29) is 6.04 Å². The van der Waals surface area contributed by atoms with E-state index in [1.54, 1.807) is 0 Å². The molecule has 4 aromatic rings. The standard InChI is InChI=1S/C18H15NS2/c1-19-18(14-11-20-16-9-5-3-7-13(14)16)17-10-12-6-2-4-8-15(12)21-17/h2-11,18-19H,1H3. The molecule has 21 heavy (non-hydrogen) atoms. The summed E-state index contributed by atoms with van der Waals surface area (Å²) >= 11 is 3.70. The van der Waals surface area contributed by atoms with Gasteiger partial charge in [-0.05, 0) is 47.0 Å². The number of hydrogen-bond donors (Lipinski definition) is 1. The van der Waals surface area contributed by atoms with Crippen LogP contribution in [0.1, 0.15) is 16.5 Å². The van der Waals surface area contributed by atoms with Gasteiger partial charge in [-0.2, -0.15) is 0 Å². The van der Waals surface area contributed by atoms with Crippen molar-refractivity contribution in [1.29, 1.82) is 0 Å². The van der Waals surface area contributed by atoms with Gasteiger partial charge < -0.3 is 5.32 Å². The van der Waals surface area contributed by atoms with Crippen molar-refractivity contribution < 1.29 is 0 Å². The molecule has 3 heteroatoms. The van der Waals surface area contributed by atoms with Crippen molar-refractivity contribution in [2.75, 3.05) is 7.05 Å². The smallest absolute Gasteiger partial charge is 0.0683 e. The van der Waals surface area contributed by atoms with E-state index in [2.05, 4.69) is 65.3 Å². The summed E-state index contributed by atoms with van der Waals surface area (Å²) in [6.07, 6.45) is 0. The first-order valence-corrected chi connectivity index (χ1v) is 8.68. The maximum absolute atomic E-state index is 3.49. The molecule has 0 aliphatic heterocycles. The normalized spacial score (nSPS) is 13.0. The molecule has 1 N–H and O–H groups in total. The van der Waals surface area contributed by atoms with E-state index in [1.807, 2.05) is 29.7 Å². The molecule has 1 atom stereocenters. The Morgan fingerprint density at radius 3 is 2.52 bits per heavy atom. The first kappa shape index (κ1) is 13.0. The van der Waals surface area contributed by atoms with Crippen LogP contribution < -0.4 is 5.32 Å². The molecule has 0 fully saturated rings. The summed E-state index contributed by atoms with van der Waals surface area (Å²) in [6, 6.07) is 19.8. The molecule has 2 aromatic carbocycles. The molecule has 1 unspecified atom stereocenters. The van der Waals surface area contributed by atoms with Gasteiger partial charge in [-0.3, -0.25) is 0 Å². The number of benzene rings is 2. The molecule has 1 nitrogen and oxygen atoms in total. The van der Waals surface area contributed by atoms with Crippen LogP contribution in [0.2, 0.25) is 0 Å². The van der Waals surface area contributed by atoms with Crippen molar-refractivity contribution in [2.24, 2.45) is 0 Å². The van der Waals surface area contributed by atoms with Crippen LogP contribution in [0.5, 0.6) is 0 Å². The van der Waals surface area contributed by atoms with Crippen molar-refractivity contribution in [3.05, 3.63) is 70.4 Å². The van der Waals surface area contributed by atoms with Gasteiger partial charge in [0.2, 0.25) is 0 Å². The van der Waals surface area contributed by atoms with Gasteiger partial charge in [0, 0.05) is 14.3 Å². The molecule has 0 amide bonds. The highest BCUT2D eigenvalue weighted by molar-refractivity contribution is 7.19. The van der Waals surface area contributed by atoms with Crippen LogP contribution in [0.3, 0.4) is 0 Å². The Balaban J connectivity index is 1.87. The summed E-state index contributed by atoms with van der Waals surface area (Å²) in [5.74, 6) is 0. The third-order valence-electron chi connectivity index (χ3n) is 3.84. The summed E-state index contributed by atoms with van der Waals surface area (Å²) < 4.78 is 2.71. The number of thiophene rings is 2. The summed E-state index contributed by atoms with van der Waals surface area (Å²) in [4.78, 5) is 1.38. The summed E-state index contributed by atoms with van der Waals surface area (Å²) in [5.41, 5.74) is 1.38. The maximum Gasteiger partial charge on any atom is 0.0683 e. The lowest BCUT2D eigenvalue weighted by molar-refractivity contribution is 0.711. The average Bonchev–Trinajstić information content (AvgIpc) is 3.13. The fraction of sp³-hybridized carbons (Fsp3) is 0.111. The number of nitrogens with one attached hydrogen (secondary N) is 1. The zero-order chi connectivity index (χ0) is 14.2. The lowest BCUT2D eigenvalue weighted by atomic mass is 10.0. The highest BCUT2D eigenvalue weighted by Gasteiger charge is 2.18. The molecule has 0 bridgehead atoms. The van der Waals surface area contributed by atoms with Gasteiger partial charge in [0.25, 0.3) is 0 Å². The van der Waals surface area contributed by atoms with Crippen LogP contribution in [0, 0.1) is 0 Å². The Morgan fingerprint density at radius 1 is 0.952 bits per heavy atom. The highest BCUT2D eigenvalue weighted by atomic mass is 32.1. The third kappa shape index (κ3) is 2.18. The van der Waals surface area contributed by atoms with E-state index in [0.717, 1.165) is 0 Å². The van der Waals surface area contributed by atoms with Gasteiger partial charge in [-0.1, -0.05) is 36.4 Å². The van der Waals surface area contributed by atoms with Gasteiger partial charge in [0.15, 0.2) is 0 Å². The van der Waals surface area contributed by atoms with Crippen LogP contribution in [0.25, 0.3) is 20.2 Å². The van der Waals surface area contributed by atoms with Crippen molar-refractivity contribution in [2.45, 2.75) is 6.04 Å². The average molecular weight is 309 g/mol. The lowest BCUT2D eigenvalue weighted by Gasteiger charge is -2.13. The van der Waals surface area contributed by atoms with E-state index >= 15 is 0 Å². The van der Waals surface area contributed by atoms with Crippen LogP contribution >= 0.6 is 22.7 Å². The lowest BCUT2D eigenvalue weighted by Crippen LogP contribution is -2.15. The minimum absolute atomic E-state index is 0.263. The molecule has 0 saturated carbocycles. The van der Waals surface area contributed by atoms with Gasteiger partial charge in [-0.15, -0.1) is 22.7 Å². The number of rotatable bonds is 3. The molecule has 4 rings (SSSR count). The van der Waals surface area contributed by atoms with Gasteiger partial charge >= 0.3 is 0 Å². The molecule has 0 saturated heterocycles. The monoisotopic (exact) mass is 309 g/mol. The highest BCUT2D eigenvalue weighted by Crippen LogP contribution is 2.37. The molecule has 0 spiro atoms. The molecule has 0 aliphatic carbocycles. The minimum atomic E-state index is 0.263. The zero-order valence-electron chi connectivity index (χ0n) is 11.7. The first-order valence-electron chi connectivity index (χ1n) is 6.98. The summed E-state index contributed by atoms with van der Waals surface area (Å²) in [5, 5.41) is 8.47. The summed E-state index contributed by atoms with van der Waals surface area (Å²) in [7, 11) is 2.04. The predicted molar refractivity (Wildman–Crippen MR) is 94.6 cm³/mol. The molecule has 2 aromatic heterocycles. The Kier molecular flexibility index (Phi) is 3.26. The minimum Gasteiger partial charge on any atom is -0.309 e. The second-order valence-corrected chi connectivity index (χ2v) is 7.12. The van der Waals surface area contributed by atoms with Gasteiger partial charge in [-0.25, -0.2) is 0 Å². The van der Waals surface area contributed by atoms with Crippen molar-refractivity contribution in [3.63, 3.8) is 0 Å². The number of hydrogen-bond acceptors (Lipinski definition) is 3. The molecule has 0 radical (unpaired) electrons. The quantitative estimate of drug-likeness (QED) is 0.532. The Bertz CT molecular complexity index is 871. The first-order chi connectivity index (χ1) is 10.4. The van der Waals surface area contributed by atoms with E-state index < -0.39 is 0 Å². The largest absolute Gasteiger partial charge is 0.309 e. The van der Waals surface area contributed by atoms with Crippen LogP contribution in [0.4, 0.5) is 0 Å². The Hall–Kier alpha value is -1.68. The topological polar surface area (TPSA) is 12.0 Å². The van der Waals surface area contributed by atoms with Gasteiger partial charge in [0.1, 0.15) is 0 Å². The summed E-state index contributed by atoms with van der Waals surface area (Å²) in [6.45, 7) is 0. The van der Waals surface area contributed by atoms with Gasteiger partial charge in [0.05, 0.1) is 6.04 Å². The molecule has 0 aliphatic rings. The zero-order valence-corrected chi connectivity index (χ0v) is 13.3. The molecule has 2 heterocycles.